The van der Waals surface area contributed by atoms with Crippen LogP contribution >= 0.6 is 11.3 Å². The van der Waals surface area contributed by atoms with Crippen LogP contribution in [0.15, 0.2) is 41.4 Å². The molecule has 0 radical (unpaired) electrons. The molecule has 0 unspecified atom stereocenters. The average molecular weight is 459 g/mol. The molecule has 0 saturated carbocycles. The summed E-state index contributed by atoms with van der Waals surface area (Å²) in [7, 11) is 3.05. The van der Waals surface area contributed by atoms with Crippen molar-refractivity contribution >= 4 is 33.4 Å². The monoisotopic (exact) mass is 458 g/mol. The van der Waals surface area contributed by atoms with Crippen LogP contribution in [-0.4, -0.2) is 50.5 Å². The Morgan fingerprint density at radius 1 is 0.969 bits per heavy atom. The number of thiazole rings is 1. The minimum Gasteiger partial charge on any atom is -0.493 e. The first-order chi connectivity index (χ1) is 15.5. The quantitative estimate of drug-likeness (QED) is 0.359. The number of rotatable bonds is 9. The van der Waals surface area contributed by atoms with Crippen molar-refractivity contribution in [2.45, 2.75) is 20.4 Å². The van der Waals surface area contributed by atoms with Crippen molar-refractivity contribution < 1.29 is 28.5 Å². The summed E-state index contributed by atoms with van der Waals surface area (Å²) in [5.74, 6) is 0.189. The van der Waals surface area contributed by atoms with E-state index in [2.05, 4.69) is 4.99 Å². The summed E-state index contributed by atoms with van der Waals surface area (Å²) in [6.45, 7) is 5.57. The maximum atomic E-state index is 12.9. The van der Waals surface area contributed by atoms with Crippen molar-refractivity contribution in [2.75, 3.05) is 34.0 Å². The summed E-state index contributed by atoms with van der Waals surface area (Å²) in [6, 6.07) is 10.2. The zero-order chi connectivity index (χ0) is 23.1. The Labute approximate surface area is 190 Å². The first-order valence-electron chi connectivity index (χ1n) is 10.2. The average Bonchev–Trinajstić information content (AvgIpc) is 3.14. The highest BCUT2D eigenvalue weighted by molar-refractivity contribution is 7.16. The highest BCUT2D eigenvalue weighted by Gasteiger charge is 2.14. The highest BCUT2D eigenvalue weighted by atomic mass is 32.1. The van der Waals surface area contributed by atoms with E-state index in [1.807, 2.05) is 17.6 Å². The number of fused-ring (bicyclic) bond motifs is 1. The molecule has 0 N–H and O–H groups in total. The van der Waals surface area contributed by atoms with E-state index in [4.69, 9.17) is 18.9 Å². The smallest absolute Gasteiger partial charge is 0.338 e. The van der Waals surface area contributed by atoms with Crippen molar-refractivity contribution in [1.82, 2.24) is 4.57 Å². The van der Waals surface area contributed by atoms with Crippen LogP contribution in [0.4, 0.5) is 0 Å². The molecule has 0 saturated heterocycles. The van der Waals surface area contributed by atoms with E-state index in [1.165, 1.54) is 25.6 Å². The number of aromatic nitrogens is 1. The number of benzene rings is 2. The molecule has 1 heterocycles. The first-order valence-corrected chi connectivity index (χ1v) is 11.0. The highest BCUT2D eigenvalue weighted by Crippen LogP contribution is 2.28. The van der Waals surface area contributed by atoms with E-state index in [0.717, 1.165) is 10.2 Å². The van der Waals surface area contributed by atoms with Gasteiger partial charge in [-0.05, 0) is 50.2 Å². The Bertz CT molecular complexity index is 1180. The molecule has 0 bridgehead atoms. The second-order valence-electron chi connectivity index (χ2n) is 6.62. The maximum Gasteiger partial charge on any atom is 0.338 e. The van der Waals surface area contributed by atoms with Crippen LogP contribution < -0.4 is 14.3 Å². The van der Waals surface area contributed by atoms with E-state index >= 15 is 0 Å². The lowest BCUT2D eigenvalue weighted by Gasteiger charge is -2.08. The topological polar surface area (TPSA) is 88.4 Å². The van der Waals surface area contributed by atoms with Gasteiger partial charge in [0.05, 0.1) is 43.2 Å². The number of nitrogens with zero attached hydrogens (tertiary/aromatic N) is 2. The fourth-order valence-electron chi connectivity index (χ4n) is 3.14. The second-order valence-corrected chi connectivity index (χ2v) is 7.63. The standard InChI is InChI=1S/C23H26N2O6S/c1-5-30-12-11-25-17-9-7-16(22(27)31-6-2)14-20(17)32-23(25)24-21(26)15-8-10-18(28-3)19(13-15)29-4/h7-10,13-14H,5-6,11-12H2,1-4H3. The fourth-order valence-corrected chi connectivity index (χ4v) is 4.23. The molecular formula is C23H26N2O6S. The minimum atomic E-state index is -0.409. The van der Waals surface area contributed by atoms with Crippen molar-refractivity contribution in [3.63, 3.8) is 0 Å². The van der Waals surface area contributed by atoms with E-state index in [9.17, 15) is 9.59 Å². The number of esters is 1. The van der Waals surface area contributed by atoms with E-state index in [1.54, 1.807) is 37.3 Å². The van der Waals surface area contributed by atoms with Gasteiger partial charge in [0.2, 0.25) is 0 Å². The third-order valence-corrected chi connectivity index (χ3v) is 5.73. The van der Waals surface area contributed by atoms with Gasteiger partial charge >= 0.3 is 5.97 Å². The van der Waals surface area contributed by atoms with Crippen LogP contribution in [0.2, 0.25) is 0 Å². The largest absolute Gasteiger partial charge is 0.493 e. The van der Waals surface area contributed by atoms with Crippen LogP contribution in [0.25, 0.3) is 10.2 Å². The van der Waals surface area contributed by atoms with Gasteiger partial charge in [-0.3, -0.25) is 4.79 Å². The number of carbonyl (C=O) groups is 2. The molecule has 0 aliphatic rings. The molecule has 0 aliphatic heterocycles. The SMILES string of the molecule is CCOCCn1c(=NC(=O)c2ccc(OC)c(OC)c2)sc2cc(C(=O)OCC)ccc21. The molecule has 0 fully saturated rings. The van der Waals surface area contributed by atoms with Crippen molar-refractivity contribution in [3.05, 3.63) is 52.3 Å². The first kappa shape index (κ1) is 23.5. The van der Waals surface area contributed by atoms with Gasteiger partial charge < -0.3 is 23.5 Å². The van der Waals surface area contributed by atoms with Gasteiger partial charge in [-0.25, -0.2) is 4.79 Å². The summed E-state index contributed by atoms with van der Waals surface area (Å²) in [4.78, 5) is 29.9. The summed E-state index contributed by atoms with van der Waals surface area (Å²) in [6.07, 6.45) is 0. The van der Waals surface area contributed by atoms with Gasteiger partial charge in [-0.1, -0.05) is 11.3 Å². The van der Waals surface area contributed by atoms with Gasteiger partial charge in [0, 0.05) is 18.7 Å². The lowest BCUT2D eigenvalue weighted by Crippen LogP contribution is -2.19. The maximum absolute atomic E-state index is 12.9. The molecule has 2 aromatic carbocycles. The zero-order valence-electron chi connectivity index (χ0n) is 18.5. The predicted molar refractivity (Wildman–Crippen MR) is 122 cm³/mol. The van der Waals surface area contributed by atoms with Crippen LogP contribution in [-0.2, 0) is 16.0 Å². The van der Waals surface area contributed by atoms with E-state index in [-0.39, 0.29) is 5.97 Å². The molecule has 32 heavy (non-hydrogen) atoms. The summed E-state index contributed by atoms with van der Waals surface area (Å²) in [5, 5.41) is 0. The number of hydrogen-bond acceptors (Lipinski definition) is 7. The molecule has 8 nitrogen and oxygen atoms in total. The van der Waals surface area contributed by atoms with Gasteiger partial charge in [0.15, 0.2) is 16.3 Å². The molecule has 3 rings (SSSR count). The van der Waals surface area contributed by atoms with Gasteiger partial charge in [0.1, 0.15) is 0 Å². The van der Waals surface area contributed by atoms with E-state index < -0.39 is 5.91 Å². The number of carbonyl (C=O) groups excluding carboxylic acids is 2. The Kier molecular flexibility index (Phi) is 8.02. The van der Waals surface area contributed by atoms with Crippen molar-refractivity contribution in [3.8, 4) is 11.5 Å². The van der Waals surface area contributed by atoms with Crippen LogP contribution in [0.5, 0.6) is 11.5 Å². The molecule has 0 spiro atoms. The summed E-state index contributed by atoms with van der Waals surface area (Å²) < 4.78 is 23.9. The molecule has 9 heteroatoms. The van der Waals surface area contributed by atoms with Crippen LogP contribution in [0.3, 0.4) is 0 Å². The summed E-state index contributed by atoms with van der Waals surface area (Å²) in [5.41, 5.74) is 1.70. The third kappa shape index (κ3) is 5.17. The summed E-state index contributed by atoms with van der Waals surface area (Å²) >= 11 is 1.33. The molecule has 1 aromatic heterocycles. The fraction of sp³-hybridized carbons (Fsp3) is 0.348. The number of hydrogen-bond donors (Lipinski definition) is 0. The third-order valence-electron chi connectivity index (χ3n) is 4.68. The molecule has 3 aromatic rings. The van der Waals surface area contributed by atoms with Crippen LogP contribution in [0.1, 0.15) is 34.6 Å². The lowest BCUT2D eigenvalue weighted by molar-refractivity contribution is 0.0526. The Hall–Kier alpha value is -3.17. The Morgan fingerprint density at radius 3 is 2.41 bits per heavy atom. The molecule has 1 amide bonds. The molecule has 0 atom stereocenters. The second kappa shape index (κ2) is 10.9. The Balaban J connectivity index is 2.06. The van der Waals surface area contributed by atoms with Gasteiger partial charge in [-0.15, -0.1) is 0 Å². The predicted octanol–water partition coefficient (Wildman–Crippen LogP) is 3.67. The number of amides is 1. The molecular weight excluding hydrogens is 432 g/mol. The Morgan fingerprint density at radius 2 is 1.72 bits per heavy atom. The minimum absolute atomic E-state index is 0.302. The molecule has 170 valence electrons. The normalized spacial score (nSPS) is 11.6. The van der Waals surface area contributed by atoms with Crippen molar-refractivity contribution in [2.24, 2.45) is 4.99 Å². The number of methoxy groups -OCH3 is 2. The lowest BCUT2D eigenvalue weighted by atomic mass is 10.2. The van der Waals surface area contributed by atoms with Crippen molar-refractivity contribution in [1.29, 1.82) is 0 Å². The van der Waals surface area contributed by atoms with Crippen LogP contribution in [0, 0.1) is 0 Å². The zero-order valence-corrected chi connectivity index (χ0v) is 19.4. The van der Waals surface area contributed by atoms with Gasteiger partial charge in [0.25, 0.3) is 5.91 Å². The molecule has 0 aliphatic carbocycles. The number of ether oxygens (including phenoxy) is 4. The van der Waals surface area contributed by atoms with Gasteiger partial charge in [-0.2, -0.15) is 4.99 Å². The van der Waals surface area contributed by atoms with E-state index in [0.29, 0.717) is 53.8 Å².